The van der Waals surface area contributed by atoms with Crippen LogP contribution in [0.1, 0.15) is 18.4 Å². The van der Waals surface area contributed by atoms with Crippen LogP contribution in [0, 0.1) is 5.82 Å². The summed E-state index contributed by atoms with van der Waals surface area (Å²) in [5.41, 5.74) is 1.10. The van der Waals surface area contributed by atoms with Crippen molar-refractivity contribution < 1.29 is 32.7 Å². The third-order valence-electron chi connectivity index (χ3n) is 5.56. The number of anilines is 2. The van der Waals surface area contributed by atoms with Gasteiger partial charge in [-0.3, -0.25) is 19.3 Å². The molecular weight excluding hydrogens is 517 g/mol. The van der Waals surface area contributed by atoms with Crippen LogP contribution < -0.4 is 15.5 Å². The molecule has 0 saturated carbocycles. The van der Waals surface area contributed by atoms with Gasteiger partial charge >= 0.3 is 17.8 Å². The number of ether oxygens (including phenoxy) is 1. The van der Waals surface area contributed by atoms with Crippen LogP contribution >= 0.6 is 11.6 Å². The number of rotatable bonds is 6. The summed E-state index contributed by atoms with van der Waals surface area (Å²) in [6.07, 6.45) is 1.37. The van der Waals surface area contributed by atoms with Gasteiger partial charge in [0, 0.05) is 22.1 Å². The van der Waals surface area contributed by atoms with Crippen molar-refractivity contribution in [1.82, 2.24) is 5.32 Å². The zero-order valence-corrected chi connectivity index (χ0v) is 21.0. The van der Waals surface area contributed by atoms with E-state index in [-0.39, 0.29) is 23.5 Å². The van der Waals surface area contributed by atoms with Crippen LogP contribution in [0.15, 0.2) is 81.9 Å². The molecule has 3 aromatic rings. The van der Waals surface area contributed by atoms with Crippen molar-refractivity contribution in [1.29, 1.82) is 0 Å². The zero-order chi connectivity index (χ0) is 27.4. The van der Waals surface area contributed by atoms with E-state index in [0.717, 1.165) is 0 Å². The van der Waals surface area contributed by atoms with Gasteiger partial charge < -0.3 is 19.8 Å². The third kappa shape index (κ3) is 5.65. The van der Waals surface area contributed by atoms with Crippen molar-refractivity contribution in [3.63, 3.8) is 0 Å². The molecule has 0 bridgehead atoms. The van der Waals surface area contributed by atoms with Gasteiger partial charge in [0.2, 0.25) is 0 Å². The SMILES string of the molecule is COC(=O)C1=C(C)N(c2ccc(F)cc2)C(=O)/C1=C\c1ccc(CNC(=O)C(=O)Nc2cccc(Cl)c2)o1. The van der Waals surface area contributed by atoms with Gasteiger partial charge in [0.25, 0.3) is 5.91 Å². The average Bonchev–Trinajstić information content (AvgIpc) is 3.44. The fourth-order valence-corrected chi connectivity index (χ4v) is 3.98. The van der Waals surface area contributed by atoms with Crippen LogP contribution in [0.5, 0.6) is 0 Å². The van der Waals surface area contributed by atoms with Gasteiger partial charge in [0.05, 0.1) is 24.8 Å². The third-order valence-corrected chi connectivity index (χ3v) is 5.79. The van der Waals surface area contributed by atoms with Gasteiger partial charge in [0.1, 0.15) is 17.3 Å². The fourth-order valence-electron chi connectivity index (χ4n) is 3.79. The van der Waals surface area contributed by atoms with E-state index in [0.29, 0.717) is 27.9 Å². The Morgan fingerprint density at radius 1 is 1.08 bits per heavy atom. The Bertz CT molecular complexity index is 1490. The lowest BCUT2D eigenvalue weighted by molar-refractivity contribution is -0.136. The van der Waals surface area contributed by atoms with E-state index < -0.39 is 29.5 Å². The summed E-state index contributed by atoms with van der Waals surface area (Å²) in [5.74, 6) is -2.99. The number of carbonyl (C=O) groups excluding carboxylic acids is 4. The van der Waals surface area contributed by atoms with E-state index in [1.807, 2.05) is 0 Å². The van der Waals surface area contributed by atoms with Crippen molar-refractivity contribution in [2.45, 2.75) is 13.5 Å². The highest BCUT2D eigenvalue weighted by Gasteiger charge is 2.38. The zero-order valence-electron chi connectivity index (χ0n) is 20.2. The lowest BCUT2D eigenvalue weighted by atomic mass is 10.1. The normalized spacial score (nSPS) is 14.2. The van der Waals surface area contributed by atoms with Gasteiger partial charge in [-0.05, 0) is 67.6 Å². The predicted octanol–water partition coefficient (Wildman–Crippen LogP) is 4.20. The molecule has 1 aliphatic rings. The number of hydrogen-bond donors (Lipinski definition) is 2. The molecule has 0 radical (unpaired) electrons. The lowest BCUT2D eigenvalue weighted by Crippen LogP contribution is -2.34. The molecule has 0 fully saturated rings. The van der Waals surface area contributed by atoms with Gasteiger partial charge in [-0.2, -0.15) is 0 Å². The summed E-state index contributed by atoms with van der Waals surface area (Å²) in [7, 11) is 1.20. The molecule has 1 aromatic heterocycles. The molecule has 38 heavy (non-hydrogen) atoms. The van der Waals surface area contributed by atoms with E-state index in [4.69, 9.17) is 20.8 Å². The predicted molar refractivity (Wildman–Crippen MR) is 137 cm³/mol. The maximum Gasteiger partial charge on any atom is 0.340 e. The average molecular weight is 538 g/mol. The van der Waals surface area contributed by atoms with Crippen molar-refractivity contribution in [3.8, 4) is 0 Å². The van der Waals surface area contributed by atoms with Crippen molar-refractivity contribution in [2.75, 3.05) is 17.3 Å². The van der Waals surface area contributed by atoms with Gasteiger partial charge in [-0.15, -0.1) is 0 Å². The van der Waals surface area contributed by atoms with Gasteiger partial charge in [-0.1, -0.05) is 17.7 Å². The number of nitrogens with one attached hydrogen (secondary N) is 2. The van der Waals surface area contributed by atoms with E-state index in [1.165, 1.54) is 48.4 Å². The van der Waals surface area contributed by atoms with E-state index in [9.17, 15) is 23.6 Å². The summed E-state index contributed by atoms with van der Waals surface area (Å²) in [4.78, 5) is 51.4. The number of amides is 3. The molecule has 194 valence electrons. The topological polar surface area (TPSA) is 118 Å². The second kappa shape index (κ2) is 11.1. The highest BCUT2D eigenvalue weighted by Crippen LogP contribution is 2.35. The molecule has 0 unspecified atom stereocenters. The fraction of sp³-hybridized carbons (Fsp3) is 0.111. The highest BCUT2D eigenvalue weighted by molar-refractivity contribution is 6.39. The van der Waals surface area contributed by atoms with Crippen molar-refractivity contribution in [2.24, 2.45) is 0 Å². The minimum atomic E-state index is -0.895. The lowest BCUT2D eigenvalue weighted by Gasteiger charge is -2.17. The molecule has 0 aliphatic carbocycles. The molecule has 0 atom stereocenters. The Balaban J connectivity index is 1.49. The number of methoxy groups -OCH3 is 1. The Hall–Kier alpha value is -4.70. The Kier molecular flexibility index (Phi) is 7.73. The second-order valence-electron chi connectivity index (χ2n) is 8.08. The molecule has 1 aliphatic heterocycles. The molecule has 0 spiro atoms. The van der Waals surface area contributed by atoms with Crippen LogP contribution in [-0.2, 0) is 30.5 Å². The molecular formula is C27H21ClFN3O6. The largest absolute Gasteiger partial charge is 0.465 e. The number of halogens is 2. The van der Waals surface area contributed by atoms with Gasteiger partial charge in [-0.25, -0.2) is 9.18 Å². The quantitative estimate of drug-likeness (QED) is 0.276. The number of furan rings is 1. The molecule has 4 rings (SSSR count). The first kappa shape index (κ1) is 26.4. The smallest absolute Gasteiger partial charge is 0.340 e. The monoisotopic (exact) mass is 537 g/mol. The van der Waals surface area contributed by atoms with E-state index in [1.54, 1.807) is 37.3 Å². The van der Waals surface area contributed by atoms with Crippen LogP contribution in [-0.4, -0.2) is 30.8 Å². The van der Waals surface area contributed by atoms with Crippen LogP contribution in [0.2, 0.25) is 5.02 Å². The number of hydrogen-bond acceptors (Lipinski definition) is 6. The van der Waals surface area contributed by atoms with E-state index >= 15 is 0 Å². The molecule has 2 heterocycles. The first-order valence-corrected chi connectivity index (χ1v) is 11.6. The maximum absolute atomic E-state index is 13.4. The molecule has 9 nitrogen and oxygen atoms in total. The second-order valence-corrected chi connectivity index (χ2v) is 8.51. The Labute approximate surface area is 221 Å². The number of esters is 1. The first-order chi connectivity index (χ1) is 18.2. The summed E-state index contributed by atoms with van der Waals surface area (Å²) < 4.78 is 23.9. The van der Waals surface area contributed by atoms with Crippen molar-refractivity contribution in [3.05, 3.63) is 99.9 Å². The molecule has 0 saturated heterocycles. The Morgan fingerprint density at radius 2 is 1.82 bits per heavy atom. The van der Waals surface area contributed by atoms with E-state index in [2.05, 4.69) is 10.6 Å². The molecule has 2 aromatic carbocycles. The molecule has 2 N–H and O–H groups in total. The summed E-state index contributed by atoms with van der Waals surface area (Å²) in [6, 6.07) is 14.7. The number of allylic oxidation sites excluding steroid dienone is 1. The first-order valence-electron chi connectivity index (χ1n) is 11.2. The van der Waals surface area contributed by atoms with Crippen LogP contribution in [0.25, 0.3) is 6.08 Å². The van der Waals surface area contributed by atoms with Gasteiger partial charge in [0.15, 0.2) is 0 Å². The highest BCUT2D eigenvalue weighted by atomic mass is 35.5. The maximum atomic E-state index is 13.4. The van der Waals surface area contributed by atoms with Crippen molar-refractivity contribution >= 4 is 52.7 Å². The summed E-state index contributed by atoms with van der Waals surface area (Å²) in [6.45, 7) is 1.46. The minimum Gasteiger partial charge on any atom is -0.465 e. The van der Waals surface area contributed by atoms with Crippen LogP contribution in [0.3, 0.4) is 0 Å². The van der Waals surface area contributed by atoms with Crippen LogP contribution in [0.4, 0.5) is 15.8 Å². The summed E-state index contributed by atoms with van der Waals surface area (Å²) >= 11 is 5.87. The summed E-state index contributed by atoms with van der Waals surface area (Å²) in [5, 5.41) is 5.28. The number of nitrogens with zero attached hydrogens (tertiary/aromatic N) is 1. The standard InChI is InChI=1S/C27H21ClFN3O6/c1-15-23(27(36)37-2)22(26(35)32(15)19-8-6-17(29)7-9-19)13-20-10-11-21(38-20)14-30-24(33)25(34)31-18-5-3-4-16(28)12-18/h3-13H,14H2,1-2H3,(H,30,33)(H,31,34)/b22-13-. The number of benzene rings is 2. The molecule has 3 amide bonds. The number of carbonyl (C=O) groups is 4. The molecule has 11 heteroatoms. The Morgan fingerprint density at radius 3 is 2.50 bits per heavy atom. The minimum absolute atomic E-state index is 0.0181.